The number of fused-ring (bicyclic) bond motifs is 2. The van der Waals surface area contributed by atoms with Gasteiger partial charge in [-0.05, 0) is 43.2 Å². The van der Waals surface area contributed by atoms with Crippen LogP contribution in [0.2, 0.25) is 0 Å². The third-order valence-corrected chi connectivity index (χ3v) is 5.14. The van der Waals surface area contributed by atoms with E-state index in [-0.39, 0.29) is 45.7 Å². The Bertz CT molecular complexity index is 1550. The minimum Gasteiger partial charge on any atom is -0.462 e. The number of rotatable bonds is 5. The quantitative estimate of drug-likeness (QED) is 0.335. The highest BCUT2D eigenvalue weighted by molar-refractivity contribution is 5.97. The van der Waals surface area contributed by atoms with E-state index >= 15 is 0 Å². The molecule has 0 bridgehead atoms. The number of benzene rings is 1. The van der Waals surface area contributed by atoms with Gasteiger partial charge in [-0.25, -0.2) is 14.2 Å². The standard InChI is InChI=1S/C25H23FN4O4/c1-4-34-25(33)18-13-17-21(27-20-11-7-8-12-29(20)24(17)32)30(14-15(2)3)22(18)28-23(31)16-9-5-6-10-19(16)26/h5-13,15H,4,14H2,1-3H3. The lowest BCUT2D eigenvalue weighted by Gasteiger charge is -2.16. The number of carbonyl (C=O) groups excluding carboxylic acids is 2. The van der Waals surface area contributed by atoms with E-state index in [4.69, 9.17) is 4.74 Å². The first-order valence-corrected chi connectivity index (χ1v) is 10.9. The zero-order valence-electron chi connectivity index (χ0n) is 19.0. The molecule has 0 aliphatic carbocycles. The van der Waals surface area contributed by atoms with Gasteiger partial charge in [-0.15, -0.1) is 0 Å². The molecule has 1 aromatic carbocycles. The number of hydrogen-bond acceptors (Lipinski definition) is 5. The van der Waals surface area contributed by atoms with E-state index in [1.807, 2.05) is 13.8 Å². The number of pyridine rings is 2. The molecule has 9 heteroatoms. The van der Waals surface area contributed by atoms with Gasteiger partial charge in [-0.3, -0.25) is 14.0 Å². The summed E-state index contributed by atoms with van der Waals surface area (Å²) in [6.45, 7) is 5.89. The van der Waals surface area contributed by atoms with Crippen molar-refractivity contribution in [3.63, 3.8) is 0 Å². The fourth-order valence-electron chi connectivity index (χ4n) is 3.69. The smallest absolute Gasteiger partial charge is 0.341 e. The highest BCUT2D eigenvalue weighted by atomic mass is 19.1. The van der Waals surface area contributed by atoms with Gasteiger partial charge in [0.1, 0.15) is 22.7 Å². The van der Waals surface area contributed by atoms with E-state index in [1.54, 1.807) is 35.9 Å². The molecule has 0 unspecified atom stereocenters. The average molecular weight is 462 g/mol. The van der Waals surface area contributed by atoms with Gasteiger partial charge in [-0.1, -0.05) is 32.0 Å². The van der Waals surface area contributed by atoms with E-state index in [1.165, 1.54) is 28.7 Å². The second-order valence-electron chi connectivity index (χ2n) is 8.09. The van der Waals surface area contributed by atoms with E-state index in [0.29, 0.717) is 12.2 Å². The predicted molar refractivity (Wildman–Crippen MR) is 124 cm³/mol. The second kappa shape index (κ2) is 9.38. The number of esters is 1. The first kappa shape index (κ1) is 23.0. The molecule has 0 fully saturated rings. The summed E-state index contributed by atoms with van der Waals surface area (Å²) in [5.74, 6) is -2.30. The Hall–Kier alpha value is -4.14. The molecule has 0 radical (unpaired) electrons. The number of hydrogen-bond donors (Lipinski definition) is 0. The zero-order chi connectivity index (χ0) is 24.4. The summed E-state index contributed by atoms with van der Waals surface area (Å²) >= 11 is 0. The fourth-order valence-corrected chi connectivity index (χ4v) is 3.69. The van der Waals surface area contributed by atoms with Crippen molar-refractivity contribution in [1.29, 1.82) is 0 Å². The predicted octanol–water partition coefficient (Wildman–Crippen LogP) is 3.36. The van der Waals surface area contributed by atoms with Crippen molar-refractivity contribution in [2.45, 2.75) is 27.3 Å². The molecule has 0 aliphatic heterocycles. The van der Waals surface area contributed by atoms with Crippen LogP contribution in [0.1, 0.15) is 41.5 Å². The molecule has 1 amide bonds. The van der Waals surface area contributed by atoms with E-state index in [9.17, 15) is 18.8 Å². The molecule has 8 nitrogen and oxygen atoms in total. The van der Waals surface area contributed by atoms with Gasteiger partial charge < -0.3 is 9.30 Å². The Balaban J connectivity index is 2.15. The van der Waals surface area contributed by atoms with Crippen molar-refractivity contribution in [2.24, 2.45) is 10.9 Å². The number of halogens is 1. The summed E-state index contributed by atoms with van der Waals surface area (Å²) in [4.78, 5) is 47.9. The van der Waals surface area contributed by atoms with Gasteiger partial charge in [0.15, 0.2) is 5.49 Å². The van der Waals surface area contributed by atoms with Crippen LogP contribution in [-0.2, 0) is 11.3 Å². The number of nitrogens with zero attached hydrogens (tertiary/aromatic N) is 4. The second-order valence-corrected chi connectivity index (χ2v) is 8.09. The molecular weight excluding hydrogens is 439 g/mol. The third-order valence-electron chi connectivity index (χ3n) is 5.14. The summed E-state index contributed by atoms with van der Waals surface area (Å²) in [6.07, 6.45) is 1.58. The SMILES string of the molecule is CCOC(=O)c1cc2c(=O)n3ccccc3nc2n(CC(C)C)c1=NC(=O)c1ccccc1F. The minimum atomic E-state index is -0.863. The Kier molecular flexibility index (Phi) is 6.36. The van der Waals surface area contributed by atoms with Gasteiger partial charge in [-0.2, -0.15) is 4.99 Å². The Morgan fingerprint density at radius 3 is 2.56 bits per heavy atom. The van der Waals surface area contributed by atoms with Crippen molar-refractivity contribution in [3.8, 4) is 0 Å². The van der Waals surface area contributed by atoms with Crippen LogP contribution in [0.5, 0.6) is 0 Å². The van der Waals surface area contributed by atoms with Gasteiger partial charge in [0.2, 0.25) is 0 Å². The maximum absolute atomic E-state index is 14.3. The van der Waals surface area contributed by atoms with Gasteiger partial charge >= 0.3 is 5.97 Å². The van der Waals surface area contributed by atoms with E-state index in [0.717, 1.165) is 6.07 Å². The number of aromatic nitrogens is 3. The maximum atomic E-state index is 14.3. The Labute approximate surface area is 194 Å². The van der Waals surface area contributed by atoms with Gasteiger partial charge in [0.25, 0.3) is 11.5 Å². The van der Waals surface area contributed by atoms with Crippen LogP contribution in [0.15, 0.2) is 64.5 Å². The molecule has 0 spiro atoms. The lowest BCUT2D eigenvalue weighted by molar-refractivity contribution is 0.0523. The molecule has 0 saturated heterocycles. The van der Waals surface area contributed by atoms with Crippen molar-refractivity contribution >= 4 is 28.6 Å². The van der Waals surface area contributed by atoms with Crippen molar-refractivity contribution < 1.29 is 18.7 Å². The maximum Gasteiger partial charge on any atom is 0.341 e. The highest BCUT2D eigenvalue weighted by Gasteiger charge is 2.21. The van der Waals surface area contributed by atoms with Crippen LogP contribution < -0.4 is 11.0 Å². The monoisotopic (exact) mass is 462 g/mol. The van der Waals surface area contributed by atoms with Crippen LogP contribution in [-0.4, -0.2) is 32.4 Å². The third kappa shape index (κ3) is 4.24. The van der Waals surface area contributed by atoms with Crippen LogP contribution in [0.25, 0.3) is 16.7 Å². The van der Waals surface area contributed by atoms with Crippen LogP contribution in [0.3, 0.4) is 0 Å². The topological polar surface area (TPSA) is 95.0 Å². The summed E-state index contributed by atoms with van der Waals surface area (Å²) in [7, 11) is 0. The molecule has 3 aromatic heterocycles. The molecule has 4 rings (SSSR count). The molecule has 0 N–H and O–H groups in total. The van der Waals surface area contributed by atoms with Crippen molar-refractivity contribution in [2.75, 3.05) is 6.61 Å². The normalized spacial score (nSPS) is 12.0. The number of ether oxygens (including phenoxy) is 1. The number of amides is 1. The molecule has 0 saturated carbocycles. The van der Waals surface area contributed by atoms with Crippen molar-refractivity contribution in [1.82, 2.24) is 14.0 Å². The molecular formula is C25H23FN4O4. The fraction of sp³-hybridized carbons (Fsp3) is 0.240. The lowest BCUT2D eigenvalue weighted by Crippen LogP contribution is -2.33. The molecule has 174 valence electrons. The largest absolute Gasteiger partial charge is 0.462 e. The van der Waals surface area contributed by atoms with Gasteiger partial charge in [0.05, 0.1) is 17.6 Å². The summed E-state index contributed by atoms with van der Waals surface area (Å²) < 4.78 is 22.4. The summed E-state index contributed by atoms with van der Waals surface area (Å²) in [6, 6.07) is 11.9. The first-order valence-electron chi connectivity index (χ1n) is 10.9. The van der Waals surface area contributed by atoms with Crippen LogP contribution >= 0.6 is 0 Å². The summed E-state index contributed by atoms with van der Waals surface area (Å²) in [5, 5.41) is 0.171. The molecule has 0 aliphatic rings. The number of carbonyl (C=O) groups is 2. The average Bonchev–Trinajstić information content (AvgIpc) is 2.81. The molecule has 3 heterocycles. The Morgan fingerprint density at radius 1 is 1.12 bits per heavy atom. The van der Waals surface area contributed by atoms with Gasteiger partial charge in [0, 0.05) is 12.7 Å². The van der Waals surface area contributed by atoms with Crippen molar-refractivity contribution in [3.05, 3.63) is 87.5 Å². The molecule has 0 atom stereocenters. The summed E-state index contributed by atoms with van der Waals surface area (Å²) in [5.41, 5.74) is -0.0731. The van der Waals surface area contributed by atoms with Crippen LogP contribution in [0, 0.1) is 11.7 Å². The van der Waals surface area contributed by atoms with E-state index in [2.05, 4.69) is 9.98 Å². The van der Waals surface area contributed by atoms with E-state index < -0.39 is 17.7 Å². The minimum absolute atomic E-state index is 0.0409. The van der Waals surface area contributed by atoms with Crippen LogP contribution in [0.4, 0.5) is 4.39 Å². The molecule has 34 heavy (non-hydrogen) atoms. The lowest BCUT2D eigenvalue weighted by atomic mass is 10.1. The highest BCUT2D eigenvalue weighted by Crippen LogP contribution is 2.14. The first-order chi connectivity index (χ1) is 16.3. The molecule has 4 aromatic rings. The Morgan fingerprint density at radius 2 is 1.85 bits per heavy atom. The zero-order valence-corrected chi connectivity index (χ0v) is 19.0.